The number of fused-ring (bicyclic) bond motifs is 2. The van der Waals surface area contributed by atoms with Gasteiger partial charge in [-0.25, -0.2) is 9.98 Å². The highest BCUT2D eigenvalue weighted by Gasteiger charge is 2.17. The number of nitrogen functional groups attached to an aromatic ring is 1. The van der Waals surface area contributed by atoms with Gasteiger partial charge >= 0.3 is 0 Å². The molecule has 3 heteroatoms. The Morgan fingerprint density at radius 3 is 1.49 bits per heavy atom. The summed E-state index contributed by atoms with van der Waals surface area (Å²) in [5.74, 6) is 3.45. The average molecular weight is 604 g/mol. The quantitative estimate of drug-likeness (QED) is 0.0664. The SMILES string of the molecule is C#CC(N=C(N=C(C)c1ccc(-c2c3ccccc3c(-c3ccc(N)cc3)c3ccccc23)cc1)c1ccccc1)c1ccccc1. The molecule has 7 aromatic rings. The van der Waals surface area contributed by atoms with Gasteiger partial charge in [0.05, 0.1) is 0 Å². The van der Waals surface area contributed by atoms with Crippen molar-refractivity contribution in [2.24, 2.45) is 9.98 Å². The first-order valence-corrected chi connectivity index (χ1v) is 15.7. The van der Waals surface area contributed by atoms with E-state index in [1.807, 2.05) is 79.7 Å². The van der Waals surface area contributed by atoms with Crippen LogP contribution in [0.15, 0.2) is 168 Å². The molecule has 47 heavy (non-hydrogen) atoms. The van der Waals surface area contributed by atoms with Gasteiger partial charge in [-0.2, -0.15) is 0 Å². The molecule has 2 N–H and O–H groups in total. The van der Waals surface area contributed by atoms with Crippen LogP contribution >= 0.6 is 0 Å². The topological polar surface area (TPSA) is 50.7 Å². The number of hydrogen-bond donors (Lipinski definition) is 1. The van der Waals surface area contributed by atoms with Gasteiger partial charge in [0.25, 0.3) is 0 Å². The van der Waals surface area contributed by atoms with Crippen LogP contribution in [0.1, 0.15) is 29.7 Å². The third-order valence-corrected chi connectivity index (χ3v) is 8.55. The fraction of sp³-hybridized carbons (Fsp3) is 0.0455. The molecule has 0 saturated carbocycles. The molecule has 7 aromatic carbocycles. The van der Waals surface area contributed by atoms with Crippen LogP contribution in [0.3, 0.4) is 0 Å². The predicted molar refractivity (Wildman–Crippen MR) is 200 cm³/mol. The number of terminal acetylenes is 1. The van der Waals surface area contributed by atoms with Crippen molar-refractivity contribution in [2.75, 3.05) is 5.73 Å². The van der Waals surface area contributed by atoms with Crippen LogP contribution < -0.4 is 5.73 Å². The number of anilines is 1. The third kappa shape index (κ3) is 5.93. The van der Waals surface area contributed by atoms with E-state index in [-0.39, 0.29) is 0 Å². The molecular formula is C44H33N3. The molecule has 0 heterocycles. The van der Waals surface area contributed by atoms with Crippen molar-refractivity contribution >= 4 is 38.8 Å². The van der Waals surface area contributed by atoms with Crippen LogP contribution in [0.2, 0.25) is 0 Å². The van der Waals surface area contributed by atoms with Crippen molar-refractivity contribution in [1.82, 2.24) is 0 Å². The Balaban J connectivity index is 1.32. The third-order valence-electron chi connectivity index (χ3n) is 8.55. The molecule has 1 unspecified atom stereocenters. The maximum Gasteiger partial charge on any atom is 0.156 e. The summed E-state index contributed by atoms with van der Waals surface area (Å²) in [6.45, 7) is 2.02. The van der Waals surface area contributed by atoms with E-state index in [1.165, 1.54) is 32.7 Å². The highest BCUT2D eigenvalue weighted by Crippen LogP contribution is 2.43. The van der Waals surface area contributed by atoms with Gasteiger partial charge in [-0.3, -0.25) is 0 Å². The van der Waals surface area contributed by atoms with E-state index < -0.39 is 6.04 Å². The van der Waals surface area contributed by atoms with Gasteiger partial charge in [0.1, 0.15) is 6.04 Å². The number of nitrogens with zero attached hydrogens (tertiary/aromatic N) is 2. The molecule has 0 radical (unpaired) electrons. The van der Waals surface area contributed by atoms with Gasteiger partial charge in [0.2, 0.25) is 0 Å². The monoisotopic (exact) mass is 603 g/mol. The normalized spacial score (nSPS) is 12.6. The van der Waals surface area contributed by atoms with E-state index in [9.17, 15) is 0 Å². The van der Waals surface area contributed by atoms with Crippen LogP contribution in [0, 0.1) is 12.3 Å². The van der Waals surface area contributed by atoms with Crippen molar-refractivity contribution in [1.29, 1.82) is 0 Å². The van der Waals surface area contributed by atoms with E-state index in [0.29, 0.717) is 5.84 Å². The first kappa shape index (κ1) is 29.5. The standard InChI is InChI=1S/C44H33N3/c1-3-41(32-14-6-4-7-15-32)47-44(35-16-8-5-9-17-35)46-30(2)31-22-24-33(25-23-31)42-37-18-10-12-20-39(37)43(34-26-28-36(45)29-27-34)40-21-13-11-19-38(40)42/h1,4-29,41H,45H2,2H3. The lowest BCUT2D eigenvalue weighted by molar-refractivity contribution is 0.943. The summed E-state index contributed by atoms with van der Waals surface area (Å²) < 4.78 is 0. The fourth-order valence-corrected chi connectivity index (χ4v) is 6.22. The number of benzene rings is 7. The zero-order valence-electron chi connectivity index (χ0n) is 26.1. The summed E-state index contributed by atoms with van der Waals surface area (Å²) in [5.41, 5.74) is 15.3. The molecular weight excluding hydrogens is 571 g/mol. The number of rotatable bonds is 6. The van der Waals surface area contributed by atoms with E-state index in [2.05, 4.69) is 90.8 Å². The van der Waals surface area contributed by atoms with Crippen molar-refractivity contribution in [3.8, 4) is 34.6 Å². The van der Waals surface area contributed by atoms with E-state index in [0.717, 1.165) is 39.2 Å². The maximum absolute atomic E-state index is 6.05. The Kier molecular flexibility index (Phi) is 8.16. The predicted octanol–water partition coefficient (Wildman–Crippen LogP) is 10.5. The minimum absolute atomic E-state index is 0.442. The van der Waals surface area contributed by atoms with E-state index in [1.54, 1.807) is 0 Å². The Morgan fingerprint density at radius 2 is 1.00 bits per heavy atom. The highest BCUT2D eigenvalue weighted by molar-refractivity contribution is 6.21. The fourth-order valence-electron chi connectivity index (χ4n) is 6.22. The van der Waals surface area contributed by atoms with Crippen molar-refractivity contribution in [3.05, 3.63) is 174 Å². The van der Waals surface area contributed by atoms with Crippen molar-refractivity contribution < 1.29 is 0 Å². The molecule has 0 amide bonds. The lowest BCUT2D eigenvalue weighted by Crippen LogP contribution is -2.06. The van der Waals surface area contributed by atoms with Gasteiger partial charge < -0.3 is 5.73 Å². The lowest BCUT2D eigenvalue weighted by atomic mass is 9.86. The minimum atomic E-state index is -0.442. The highest BCUT2D eigenvalue weighted by atomic mass is 14.9. The second-order valence-corrected chi connectivity index (χ2v) is 11.5. The van der Waals surface area contributed by atoms with Gasteiger partial charge in [0, 0.05) is 17.0 Å². The number of nitrogens with two attached hydrogens (primary N) is 1. The summed E-state index contributed by atoms with van der Waals surface area (Å²) in [4.78, 5) is 10.0. The summed E-state index contributed by atoms with van der Waals surface area (Å²) in [7, 11) is 0. The van der Waals surface area contributed by atoms with E-state index in [4.69, 9.17) is 22.1 Å². The number of hydrogen-bond acceptors (Lipinski definition) is 2. The molecule has 1 atom stereocenters. The molecule has 0 aliphatic carbocycles. The Morgan fingerprint density at radius 1 is 0.553 bits per heavy atom. The van der Waals surface area contributed by atoms with Crippen LogP contribution in [0.4, 0.5) is 5.69 Å². The van der Waals surface area contributed by atoms with Gasteiger partial charge in [-0.05, 0) is 74.0 Å². The second kappa shape index (κ2) is 13.0. The average Bonchev–Trinajstić information content (AvgIpc) is 3.13. The molecule has 0 saturated heterocycles. The molecule has 0 bridgehead atoms. The van der Waals surface area contributed by atoms with Crippen LogP contribution in [-0.2, 0) is 0 Å². The Hall–Kier alpha value is -6.24. The minimum Gasteiger partial charge on any atom is -0.399 e. The molecule has 3 nitrogen and oxygen atoms in total. The molecule has 224 valence electrons. The van der Waals surface area contributed by atoms with Crippen molar-refractivity contribution in [3.63, 3.8) is 0 Å². The first-order valence-electron chi connectivity index (χ1n) is 15.7. The molecule has 0 aliphatic rings. The molecule has 0 aliphatic heterocycles. The smallest absolute Gasteiger partial charge is 0.156 e. The summed E-state index contributed by atoms with van der Waals surface area (Å²) in [5, 5.41) is 4.82. The molecule has 0 spiro atoms. The Bertz CT molecular complexity index is 2240. The second-order valence-electron chi connectivity index (χ2n) is 11.5. The molecule has 0 fully saturated rings. The molecule has 0 aromatic heterocycles. The van der Waals surface area contributed by atoms with Crippen LogP contribution in [0.5, 0.6) is 0 Å². The largest absolute Gasteiger partial charge is 0.399 e. The summed E-state index contributed by atoms with van der Waals surface area (Å²) in [6.07, 6.45) is 5.96. The zero-order valence-corrected chi connectivity index (χ0v) is 26.1. The van der Waals surface area contributed by atoms with Gasteiger partial charge in [-0.1, -0.05) is 152 Å². The maximum atomic E-state index is 6.05. The number of aliphatic imine (C=N–C) groups is 2. The molecule has 7 rings (SSSR count). The summed E-state index contributed by atoms with van der Waals surface area (Å²) >= 11 is 0. The first-order chi connectivity index (χ1) is 23.1. The lowest BCUT2D eigenvalue weighted by Gasteiger charge is -2.18. The Labute approximate surface area is 275 Å². The van der Waals surface area contributed by atoms with E-state index >= 15 is 0 Å². The van der Waals surface area contributed by atoms with Crippen LogP contribution in [-0.4, -0.2) is 11.5 Å². The van der Waals surface area contributed by atoms with Crippen LogP contribution in [0.25, 0.3) is 43.8 Å². The zero-order chi connectivity index (χ0) is 32.2. The van der Waals surface area contributed by atoms with Crippen molar-refractivity contribution in [2.45, 2.75) is 13.0 Å². The number of amidine groups is 1. The summed E-state index contributed by atoms with van der Waals surface area (Å²) in [6, 6.07) is 53.6. The van der Waals surface area contributed by atoms with Gasteiger partial charge in [-0.15, -0.1) is 6.42 Å². The van der Waals surface area contributed by atoms with Gasteiger partial charge in [0.15, 0.2) is 5.84 Å².